The Bertz CT molecular complexity index is 1440. The van der Waals surface area contributed by atoms with Crippen LogP contribution in [0.4, 0.5) is 5.69 Å². The standard InChI is InChI=1S/C25H25N3O5S/c1-5-33-24(30)21-15(2)27-25-28(22(21)16-9-8-10-17(13-16)31-3)23(29)20(34-25)14-26-18-11-6-7-12-19(18)32-4/h6-14,22,26H,5H2,1-4H3/b20-14-/t22-/m0/s1. The summed E-state index contributed by atoms with van der Waals surface area (Å²) in [6, 6.07) is 14.0. The van der Waals surface area contributed by atoms with Gasteiger partial charge in [0, 0.05) is 6.20 Å². The van der Waals surface area contributed by atoms with E-state index in [0.717, 1.165) is 11.3 Å². The van der Waals surface area contributed by atoms with Gasteiger partial charge in [-0.15, -0.1) is 0 Å². The SMILES string of the molecule is CCOC(=O)C1=C(C)N=c2s/c(=C\Nc3ccccc3OC)c(=O)n2[C@H]1c1cccc(OC)c1. The molecule has 34 heavy (non-hydrogen) atoms. The van der Waals surface area contributed by atoms with Crippen LogP contribution in [0.1, 0.15) is 25.5 Å². The van der Waals surface area contributed by atoms with E-state index in [1.54, 1.807) is 34.3 Å². The van der Waals surface area contributed by atoms with Crippen LogP contribution in [-0.4, -0.2) is 31.4 Å². The van der Waals surface area contributed by atoms with Gasteiger partial charge in [-0.25, -0.2) is 9.79 Å². The quantitative estimate of drug-likeness (QED) is 0.524. The van der Waals surface area contributed by atoms with Crippen LogP contribution in [-0.2, 0) is 9.53 Å². The molecule has 2 heterocycles. The number of para-hydroxylation sites is 2. The van der Waals surface area contributed by atoms with E-state index in [4.69, 9.17) is 14.2 Å². The highest BCUT2D eigenvalue weighted by Crippen LogP contribution is 2.32. The van der Waals surface area contributed by atoms with E-state index in [-0.39, 0.29) is 12.2 Å². The van der Waals surface area contributed by atoms with Crippen LogP contribution >= 0.6 is 11.3 Å². The summed E-state index contributed by atoms with van der Waals surface area (Å²) in [5, 5.41) is 3.15. The number of fused-ring (bicyclic) bond motifs is 1. The predicted octanol–water partition coefficient (Wildman–Crippen LogP) is 2.84. The first kappa shape index (κ1) is 23.3. The third-order valence-corrected chi connectivity index (χ3v) is 6.38. The van der Waals surface area contributed by atoms with Gasteiger partial charge in [-0.2, -0.15) is 0 Å². The average molecular weight is 480 g/mol. The van der Waals surface area contributed by atoms with Crippen molar-refractivity contribution in [1.29, 1.82) is 0 Å². The number of thiazole rings is 1. The Balaban J connectivity index is 1.88. The molecular weight excluding hydrogens is 454 g/mol. The van der Waals surface area contributed by atoms with Gasteiger partial charge >= 0.3 is 5.97 Å². The van der Waals surface area contributed by atoms with Crippen LogP contribution in [0.2, 0.25) is 0 Å². The Kier molecular flexibility index (Phi) is 6.83. The van der Waals surface area contributed by atoms with Gasteiger partial charge in [0.15, 0.2) is 4.80 Å². The molecule has 0 unspecified atom stereocenters. The van der Waals surface area contributed by atoms with Gasteiger partial charge in [0.1, 0.15) is 16.0 Å². The molecule has 176 valence electrons. The molecule has 1 aromatic heterocycles. The van der Waals surface area contributed by atoms with Crippen LogP contribution in [0, 0.1) is 0 Å². The normalized spacial score (nSPS) is 15.4. The van der Waals surface area contributed by atoms with Gasteiger partial charge in [0.05, 0.1) is 43.8 Å². The van der Waals surface area contributed by atoms with Crippen molar-refractivity contribution in [3.63, 3.8) is 0 Å². The van der Waals surface area contributed by atoms with Gasteiger partial charge in [-0.1, -0.05) is 35.6 Å². The number of esters is 1. The summed E-state index contributed by atoms with van der Waals surface area (Å²) in [5.74, 6) is 0.773. The summed E-state index contributed by atoms with van der Waals surface area (Å²) in [6.07, 6.45) is 1.63. The van der Waals surface area contributed by atoms with Gasteiger partial charge in [0.2, 0.25) is 0 Å². The number of rotatable bonds is 7. The Morgan fingerprint density at radius 2 is 1.97 bits per heavy atom. The highest BCUT2D eigenvalue weighted by molar-refractivity contribution is 7.07. The molecule has 4 rings (SSSR count). The number of methoxy groups -OCH3 is 2. The largest absolute Gasteiger partial charge is 0.497 e. The second kappa shape index (κ2) is 9.96. The highest BCUT2D eigenvalue weighted by atomic mass is 32.1. The minimum Gasteiger partial charge on any atom is -0.497 e. The number of hydrogen-bond donors (Lipinski definition) is 1. The molecule has 3 aromatic rings. The summed E-state index contributed by atoms with van der Waals surface area (Å²) in [6.45, 7) is 3.71. The molecular formula is C25H25N3O5S. The number of hydrogen-bond acceptors (Lipinski definition) is 8. The first-order valence-corrected chi connectivity index (χ1v) is 11.5. The van der Waals surface area contributed by atoms with Gasteiger partial charge < -0.3 is 19.5 Å². The Labute approximate surface area is 200 Å². The van der Waals surface area contributed by atoms with Crippen molar-refractivity contribution in [3.05, 3.63) is 85.1 Å². The Morgan fingerprint density at radius 1 is 1.18 bits per heavy atom. The summed E-state index contributed by atoms with van der Waals surface area (Å²) in [7, 11) is 3.16. The van der Waals surface area contributed by atoms with Crippen molar-refractivity contribution in [3.8, 4) is 11.5 Å². The molecule has 0 saturated heterocycles. The highest BCUT2D eigenvalue weighted by Gasteiger charge is 2.33. The maximum atomic E-state index is 13.6. The molecule has 0 bridgehead atoms. The van der Waals surface area contributed by atoms with E-state index in [2.05, 4.69) is 10.3 Å². The van der Waals surface area contributed by atoms with Gasteiger partial charge in [0.25, 0.3) is 5.56 Å². The van der Waals surface area contributed by atoms with Crippen LogP contribution < -0.4 is 29.7 Å². The zero-order valence-electron chi connectivity index (χ0n) is 19.3. The van der Waals surface area contributed by atoms with Crippen LogP contribution in [0.15, 0.2) is 69.6 Å². The maximum Gasteiger partial charge on any atom is 0.338 e. The smallest absolute Gasteiger partial charge is 0.338 e. The molecule has 1 aliphatic heterocycles. The van der Waals surface area contributed by atoms with Crippen molar-refractivity contribution in [2.24, 2.45) is 4.99 Å². The molecule has 1 atom stereocenters. The predicted molar refractivity (Wildman–Crippen MR) is 131 cm³/mol. The summed E-state index contributed by atoms with van der Waals surface area (Å²) < 4.78 is 18.0. The number of anilines is 1. The minimum absolute atomic E-state index is 0.216. The van der Waals surface area contributed by atoms with Gasteiger partial charge in [-0.3, -0.25) is 9.36 Å². The van der Waals surface area contributed by atoms with E-state index in [1.807, 2.05) is 48.5 Å². The lowest BCUT2D eigenvalue weighted by molar-refractivity contribution is -0.139. The molecule has 0 radical (unpaired) electrons. The third kappa shape index (κ3) is 4.34. The number of benzene rings is 2. The molecule has 8 nitrogen and oxygen atoms in total. The van der Waals surface area contributed by atoms with E-state index in [1.165, 1.54) is 15.9 Å². The second-order valence-electron chi connectivity index (χ2n) is 7.42. The molecule has 0 aliphatic carbocycles. The molecule has 0 amide bonds. The van der Waals surface area contributed by atoms with Crippen molar-refractivity contribution >= 4 is 29.2 Å². The van der Waals surface area contributed by atoms with Crippen molar-refractivity contribution in [1.82, 2.24) is 4.57 Å². The second-order valence-corrected chi connectivity index (χ2v) is 8.43. The Hall–Kier alpha value is -3.85. The maximum absolute atomic E-state index is 13.6. The molecule has 9 heteroatoms. The summed E-state index contributed by atoms with van der Waals surface area (Å²) >= 11 is 1.24. The Morgan fingerprint density at radius 3 is 2.71 bits per heavy atom. The van der Waals surface area contributed by atoms with E-state index in [0.29, 0.717) is 32.1 Å². The van der Waals surface area contributed by atoms with E-state index in [9.17, 15) is 9.59 Å². The number of carbonyl (C=O) groups is 1. The molecule has 0 spiro atoms. The van der Waals surface area contributed by atoms with E-state index >= 15 is 0 Å². The monoisotopic (exact) mass is 479 g/mol. The zero-order chi connectivity index (χ0) is 24.2. The third-order valence-electron chi connectivity index (χ3n) is 5.39. The van der Waals surface area contributed by atoms with Crippen molar-refractivity contribution in [2.75, 3.05) is 26.1 Å². The molecule has 0 fully saturated rings. The average Bonchev–Trinajstić information content (AvgIpc) is 3.16. The summed E-state index contributed by atoms with van der Waals surface area (Å²) in [5.41, 5.74) is 2.02. The van der Waals surface area contributed by atoms with Crippen molar-refractivity contribution in [2.45, 2.75) is 19.9 Å². The van der Waals surface area contributed by atoms with Gasteiger partial charge in [-0.05, 0) is 43.7 Å². The number of allylic oxidation sites excluding steroid dienone is 1. The van der Waals surface area contributed by atoms with Crippen LogP contribution in [0.3, 0.4) is 0 Å². The first-order valence-electron chi connectivity index (χ1n) is 10.7. The number of ether oxygens (including phenoxy) is 3. The lowest BCUT2D eigenvalue weighted by Gasteiger charge is -2.24. The fraction of sp³-hybridized carbons (Fsp3) is 0.240. The lowest BCUT2D eigenvalue weighted by Crippen LogP contribution is -2.40. The molecule has 2 aromatic carbocycles. The lowest BCUT2D eigenvalue weighted by atomic mass is 9.95. The summed E-state index contributed by atoms with van der Waals surface area (Å²) in [4.78, 5) is 31.6. The molecule has 0 saturated carbocycles. The fourth-order valence-electron chi connectivity index (χ4n) is 3.83. The zero-order valence-corrected chi connectivity index (χ0v) is 20.1. The van der Waals surface area contributed by atoms with Crippen LogP contribution in [0.5, 0.6) is 11.5 Å². The van der Waals surface area contributed by atoms with E-state index < -0.39 is 12.0 Å². The van der Waals surface area contributed by atoms with Crippen LogP contribution in [0.25, 0.3) is 6.20 Å². The van der Waals surface area contributed by atoms with Crippen molar-refractivity contribution < 1.29 is 19.0 Å². The molecule has 1 N–H and O–H groups in total. The number of nitrogens with zero attached hydrogens (tertiary/aromatic N) is 2. The topological polar surface area (TPSA) is 91.2 Å². The first-order chi connectivity index (χ1) is 16.5. The number of aromatic nitrogens is 1. The number of carbonyl (C=O) groups excluding carboxylic acids is 1. The molecule has 1 aliphatic rings. The number of nitrogens with one attached hydrogen (secondary N) is 1. The minimum atomic E-state index is -0.696. The fourth-order valence-corrected chi connectivity index (χ4v) is 4.80.